The highest BCUT2D eigenvalue weighted by atomic mass is 32.2. The summed E-state index contributed by atoms with van der Waals surface area (Å²) in [5.41, 5.74) is 2.48. The summed E-state index contributed by atoms with van der Waals surface area (Å²) in [5, 5.41) is 0. The van der Waals surface area contributed by atoms with Gasteiger partial charge in [-0.05, 0) is 57.4 Å². The SMILES string of the molecule is CCCSC1=C(Cc2ccccc2)[C@H]2[C@@H](OC)C(=O)N2[C@@H]1[C@H]1OC(C)(C)O[C@@H]1[C@H]1COC(C)(C)O1. The molecule has 0 radical (unpaired) electrons. The van der Waals surface area contributed by atoms with Crippen molar-refractivity contribution in [1.82, 2.24) is 4.90 Å². The van der Waals surface area contributed by atoms with E-state index in [0.717, 1.165) is 18.6 Å². The molecule has 4 heterocycles. The zero-order valence-electron chi connectivity index (χ0n) is 21.5. The molecular weight excluding hydrogens is 466 g/mol. The number of benzene rings is 1. The van der Waals surface area contributed by atoms with Gasteiger partial charge in [0, 0.05) is 12.0 Å². The van der Waals surface area contributed by atoms with E-state index in [2.05, 4.69) is 31.2 Å². The molecule has 192 valence electrons. The topological polar surface area (TPSA) is 66.5 Å². The normalized spacial score (nSPS) is 35.5. The third kappa shape index (κ3) is 4.58. The van der Waals surface area contributed by atoms with Gasteiger partial charge in [-0.1, -0.05) is 37.3 Å². The molecule has 4 aliphatic rings. The third-order valence-electron chi connectivity index (χ3n) is 7.15. The molecule has 1 aromatic rings. The Labute approximate surface area is 212 Å². The van der Waals surface area contributed by atoms with E-state index >= 15 is 0 Å². The van der Waals surface area contributed by atoms with Gasteiger partial charge in [0.1, 0.15) is 18.3 Å². The van der Waals surface area contributed by atoms with Crippen LogP contribution in [0, 0.1) is 0 Å². The van der Waals surface area contributed by atoms with Gasteiger partial charge in [0.15, 0.2) is 17.7 Å². The van der Waals surface area contributed by atoms with E-state index in [1.807, 2.05) is 50.4 Å². The average Bonchev–Trinajstić information content (AvgIpc) is 3.42. The summed E-state index contributed by atoms with van der Waals surface area (Å²) in [5.74, 6) is -0.492. The summed E-state index contributed by atoms with van der Waals surface area (Å²) in [7, 11) is 1.62. The first kappa shape index (κ1) is 25.2. The number of nitrogens with zero attached hydrogens (tertiary/aromatic N) is 1. The van der Waals surface area contributed by atoms with Crippen molar-refractivity contribution in [1.29, 1.82) is 0 Å². The number of hydrogen-bond donors (Lipinski definition) is 0. The second-order valence-electron chi connectivity index (χ2n) is 10.6. The highest BCUT2D eigenvalue weighted by Gasteiger charge is 2.64. The van der Waals surface area contributed by atoms with Crippen molar-refractivity contribution in [2.75, 3.05) is 19.5 Å². The molecule has 6 atom stereocenters. The molecular formula is C27H37NO6S. The molecule has 1 amide bonds. The van der Waals surface area contributed by atoms with Crippen LogP contribution in [0.1, 0.15) is 46.6 Å². The predicted molar refractivity (Wildman–Crippen MR) is 134 cm³/mol. The van der Waals surface area contributed by atoms with Gasteiger partial charge in [0.2, 0.25) is 0 Å². The van der Waals surface area contributed by atoms with Gasteiger partial charge >= 0.3 is 0 Å². The van der Waals surface area contributed by atoms with Crippen LogP contribution in [0.5, 0.6) is 0 Å². The van der Waals surface area contributed by atoms with E-state index in [1.54, 1.807) is 7.11 Å². The van der Waals surface area contributed by atoms with Gasteiger partial charge in [0.25, 0.3) is 5.91 Å². The molecule has 0 aliphatic carbocycles. The summed E-state index contributed by atoms with van der Waals surface area (Å²) in [6.45, 7) is 10.3. The summed E-state index contributed by atoms with van der Waals surface area (Å²) in [4.78, 5) is 16.6. The Morgan fingerprint density at radius 3 is 2.37 bits per heavy atom. The fraction of sp³-hybridized carbons (Fsp3) is 0.667. The van der Waals surface area contributed by atoms with Gasteiger partial charge in [-0.15, -0.1) is 11.8 Å². The van der Waals surface area contributed by atoms with Crippen LogP contribution in [-0.4, -0.2) is 78.4 Å². The lowest BCUT2D eigenvalue weighted by Crippen LogP contribution is -2.68. The van der Waals surface area contributed by atoms with Crippen molar-refractivity contribution in [3.63, 3.8) is 0 Å². The predicted octanol–water partition coefficient (Wildman–Crippen LogP) is 3.91. The Morgan fingerprint density at radius 2 is 1.74 bits per heavy atom. The first-order valence-electron chi connectivity index (χ1n) is 12.6. The summed E-state index contributed by atoms with van der Waals surface area (Å²) in [6, 6.07) is 10.1. The van der Waals surface area contributed by atoms with Gasteiger partial charge < -0.3 is 28.6 Å². The smallest absolute Gasteiger partial charge is 0.255 e. The molecule has 0 saturated carbocycles. The lowest BCUT2D eigenvalue weighted by Gasteiger charge is -2.47. The molecule has 0 unspecified atom stereocenters. The van der Waals surface area contributed by atoms with Crippen LogP contribution in [-0.2, 0) is 34.9 Å². The van der Waals surface area contributed by atoms with Gasteiger partial charge in [-0.25, -0.2) is 0 Å². The summed E-state index contributed by atoms with van der Waals surface area (Å²) < 4.78 is 30.8. The largest absolute Gasteiger partial charge is 0.369 e. The van der Waals surface area contributed by atoms with Gasteiger partial charge in [-0.2, -0.15) is 0 Å². The van der Waals surface area contributed by atoms with Crippen LogP contribution in [0.15, 0.2) is 40.8 Å². The Bertz CT molecular complexity index is 979. The lowest BCUT2D eigenvalue weighted by atomic mass is 9.90. The Kier molecular flexibility index (Phi) is 6.83. The van der Waals surface area contributed by atoms with E-state index in [9.17, 15) is 4.79 Å². The maximum atomic E-state index is 13.4. The average molecular weight is 504 g/mol. The first-order chi connectivity index (χ1) is 16.7. The Morgan fingerprint density at radius 1 is 1.03 bits per heavy atom. The number of carbonyl (C=O) groups is 1. The van der Waals surface area contributed by atoms with E-state index in [4.69, 9.17) is 23.7 Å². The zero-order valence-corrected chi connectivity index (χ0v) is 22.3. The number of β-lactam (4-membered cyclic amide) rings is 1. The molecule has 0 N–H and O–H groups in total. The number of fused-ring (bicyclic) bond motifs is 1. The van der Waals surface area contributed by atoms with Crippen molar-refractivity contribution in [2.45, 2.75) is 95.5 Å². The minimum atomic E-state index is -0.793. The number of rotatable bonds is 8. The highest BCUT2D eigenvalue weighted by Crippen LogP contribution is 2.51. The number of carbonyl (C=O) groups excluding carboxylic acids is 1. The molecule has 8 heteroatoms. The second kappa shape index (κ2) is 9.47. The second-order valence-corrected chi connectivity index (χ2v) is 11.8. The third-order valence-corrected chi connectivity index (χ3v) is 8.58. The summed E-state index contributed by atoms with van der Waals surface area (Å²) >= 11 is 1.84. The van der Waals surface area contributed by atoms with Gasteiger partial charge in [0.05, 0.1) is 18.7 Å². The van der Waals surface area contributed by atoms with E-state index < -0.39 is 17.7 Å². The fourth-order valence-electron chi connectivity index (χ4n) is 5.77. The fourth-order valence-corrected chi connectivity index (χ4v) is 6.99. The molecule has 4 aliphatic heterocycles. The zero-order chi connectivity index (χ0) is 25.0. The summed E-state index contributed by atoms with van der Waals surface area (Å²) in [6.07, 6.45) is 0.339. The minimum absolute atomic E-state index is 0.0103. The van der Waals surface area contributed by atoms with E-state index in [0.29, 0.717) is 6.61 Å². The molecule has 3 fully saturated rings. The number of ether oxygens (including phenoxy) is 5. The van der Waals surface area contributed by atoms with Crippen molar-refractivity contribution in [3.8, 4) is 0 Å². The number of methoxy groups -OCH3 is 1. The molecule has 35 heavy (non-hydrogen) atoms. The monoisotopic (exact) mass is 503 g/mol. The highest BCUT2D eigenvalue weighted by molar-refractivity contribution is 8.03. The molecule has 7 nitrogen and oxygen atoms in total. The maximum Gasteiger partial charge on any atom is 0.255 e. The Balaban J connectivity index is 1.55. The minimum Gasteiger partial charge on any atom is -0.369 e. The number of thioether (sulfide) groups is 1. The van der Waals surface area contributed by atoms with Crippen LogP contribution in [0.25, 0.3) is 0 Å². The lowest BCUT2D eigenvalue weighted by molar-refractivity contribution is -0.178. The standard InChI is InChI=1S/C27H37NO6S/c1-7-13-35-24-17(14-16-11-9-8-10-12-16)19-23(30-6)25(29)28(19)20(24)22-21(33-27(4,5)34-22)18-15-31-26(2,3)32-18/h8-12,18-23H,7,13-15H2,1-6H3/t18-,19+,20-,21-,22-,23-/m1/s1. The molecule has 0 aromatic heterocycles. The van der Waals surface area contributed by atoms with Crippen molar-refractivity contribution < 1.29 is 28.5 Å². The van der Waals surface area contributed by atoms with Crippen LogP contribution in [0.3, 0.4) is 0 Å². The van der Waals surface area contributed by atoms with Crippen LogP contribution < -0.4 is 0 Å². The number of hydrogen-bond acceptors (Lipinski definition) is 7. The van der Waals surface area contributed by atoms with Crippen LogP contribution >= 0.6 is 11.8 Å². The molecule has 1 aromatic carbocycles. The van der Waals surface area contributed by atoms with Crippen molar-refractivity contribution in [3.05, 3.63) is 46.4 Å². The van der Waals surface area contributed by atoms with Crippen molar-refractivity contribution >= 4 is 17.7 Å². The van der Waals surface area contributed by atoms with Gasteiger partial charge in [-0.3, -0.25) is 4.79 Å². The molecule has 0 bridgehead atoms. The van der Waals surface area contributed by atoms with Crippen LogP contribution in [0.2, 0.25) is 0 Å². The Hall–Kier alpha value is -1.42. The number of amides is 1. The van der Waals surface area contributed by atoms with Crippen LogP contribution in [0.4, 0.5) is 0 Å². The van der Waals surface area contributed by atoms with E-state index in [-0.39, 0.29) is 36.3 Å². The molecule has 0 spiro atoms. The molecule has 3 saturated heterocycles. The first-order valence-corrected chi connectivity index (χ1v) is 13.6. The maximum absolute atomic E-state index is 13.4. The van der Waals surface area contributed by atoms with Crippen molar-refractivity contribution in [2.24, 2.45) is 0 Å². The van der Waals surface area contributed by atoms with E-state index in [1.165, 1.54) is 16.0 Å². The molecule has 5 rings (SSSR count). The quantitative estimate of drug-likeness (QED) is 0.499.